The van der Waals surface area contributed by atoms with Crippen LogP contribution in [0.1, 0.15) is 33.6 Å². The number of likely N-dealkylation sites (N-methyl/N-ethyl adjacent to an activating group) is 1. The van der Waals surface area contributed by atoms with Crippen molar-refractivity contribution in [2.45, 2.75) is 39.7 Å². The van der Waals surface area contributed by atoms with E-state index in [9.17, 15) is 5.11 Å². The Labute approximate surface area is 104 Å². The Morgan fingerprint density at radius 2 is 2.24 bits per heavy atom. The van der Waals surface area contributed by atoms with Crippen molar-refractivity contribution in [2.24, 2.45) is 0 Å². The molecule has 1 unspecified atom stereocenters. The Balaban J connectivity index is 0.00000121. The largest absolute Gasteiger partial charge is 0.512 e. The summed E-state index contributed by atoms with van der Waals surface area (Å²) in [5, 5.41) is 21.5. The molecule has 0 saturated carbocycles. The minimum atomic E-state index is 0.114. The Hall–Kier alpha value is -1.53. The zero-order chi connectivity index (χ0) is 13.3. The maximum Gasteiger partial charge on any atom is 0.0988 e. The minimum absolute atomic E-state index is 0.114. The molecule has 1 aliphatic rings. The van der Waals surface area contributed by atoms with Gasteiger partial charge in [0, 0.05) is 18.0 Å². The predicted molar refractivity (Wildman–Crippen MR) is 71.6 cm³/mol. The van der Waals surface area contributed by atoms with Gasteiger partial charge in [-0.3, -0.25) is 0 Å². The predicted octanol–water partition coefficient (Wildman–Crippen LogP) is 3.23. The molecular formula is C14H22N2O. The molecular weight excluding hydrogens is 212 g/mol. The molecule has 0 aromatic heterocycles. The highest BCUT2D eigenvalue weighted by atomic mass is 16.3. The molecule has 94 valence electrons. The van der Waals surface area contributed by atoms with Gasteiger partial charge in [0.25, 0.3) is 0 Å². The minimum Gasteiger partial charge on any atom is -0.512 e. The van der Waals surface area contributed by atoms with Gasteiger partial charge >= 0.3 is 0 Å². The second-order valence-electron chi connectivity index (χ2n) is 3.52. The summed E-state index contributed by atoms with van der Waals surface area (Å²) in [5.74, 6) is 0.360. The summed E-state index contributed by atoms with van der Waals surface area (Å²) in [4.78, 5) is 0. The molecule has 0 aromatic carbocycles. The number of nitrogens with one attached hydrogen (secondary N) is 1. The summed E-state index contributed by atoms with van der Waals surface area (Å²) in [6.07, 6.45) is 4.86. The van der Waals surface area contributed by atoms with E-state index < -0.39 is 0 Å². The maximum absolute atomic E-state index is 9.42. The molecule has 0 saturated heterocycles. The smallest absolute Gasteiger partial charge is 0.0988 e. The maximum atomic E-state index is 9.42. The van der Waals surface area contributed by atoms with Gasteiger partial charge in [0.1, 0.15) is 0 Å². The molecule has 3 heteroatoms. The molecule has 1 atom stereocenters. The van der Waals surface area contributed by atoms with Crippen LogP contribution in [-0.2, 0) is 0 Å². The Morgan fingerprint density at radius 1 is 1.59 bits per heavy atom. The van der Waals surface area contributed by atoms with E-state index in [4.69, 9.17) is 5.26 Å². The Kier molecular flexibility index (Phi) is 7.83. The van der Waals surface area contributed by atoms with E-state index in [2.05, 4.69) is 18.0 Å². The summed E-state index contributed by atoms with van der Waals surface area (Å²) >= 11 is 0. The van der Waals surface area contributed by atoms with Gasteiger partial charge in [-0.2, -0.15) is 5.26 Å². The first kappa shape index (κ1) is 15.5. The average molecular weight is 234 g/mol. The number of hydrogen-bond donors (Lipinski definition) is 2. The van der Waals surface area contributed by atoms with Gasteiger partial charge in [0.15, 0.2) is 0 Å². The molecule has 17 heavy (non-hydrogen) atoms. The van der Waals surface area contributed by atoms with E-state index in [1.165, 1.54) is 0 Å². The van der Waals surface area contributed by atoms with Crippen LogP contribution in [0.4, 0.5) is 0 Å². The Bertz CT molecular complexity index is 348. The molecule has 2 N–H and O–H groups in total. The normalized spacial score (nSPS) is 18.8. The van der Waals surface area contributed by atoms with Gasteiger partial charge in [-0.15, -0.1) is 0 Å². The molecule has 0 amide bonds. The number of aliphatic hydroxyl groups is 1. The number of hydrogen-bond acceptors (Lipinski definition) is 3. The van der Waals surface area contributed by atoms with E-state index >= 15 is 0 Å². The van der Waals surface area contributed by atoms with Crippen LogP contribution in [0.25, 0.3) is 0 Å². The van der Waals surface area contributed by atoms with E-state index in [-0.39, 0.29) is 6.04 Å². The first-order valence-corrected chi connectivity index (χ1v) is 6.11. The van der Waals surface area contributed by atoms with E-state index in [1.807, 2.05) is 20.8 Å². The van der Waals surface area contributed by atoms with Crippen LogP contribution < -0.4 is 5.32 Å². The molecule has 0 aromatic rings. The standard InChI is InChI=1S/C12H16N2O.C2H6/c1-3-14-12-7-5-10(15)4-6-11(12)9(2)8-13;1-2/h4,6,12,14-15H,2-3,5,7H2,1H3;1-2H3. The molecule has 0 fully saturated rings. The lowest BCUT2D eigenvalue weighted by molar-refractivity contribution is 0.377. The molecule has 3 nitrogen and oxygen atoms in total. The van der Waals surface area contributed by atoms with Crippen LogP contribution in [0.2, 0.25) is 0 Å². The van der Waals surface area contributed by atoms with Crippen molar-refractivity contribution < 1.29 is 5.11 Å². The third-order valence-electron chi connectivity index (χ3n) is 2.45. The fourth-order valence-corrected chi connectivity index (χ4v) is 1.67. The highest BCUT2D eigenvalue weighted by Crippen LogP contribution is 2.21. The van der Waals surface area contributed by atoms with Crippen LogP contribution in [0.15, 0.2) is 35.6 Å². The number of nitriles is 1. The summed E-state index contributed by atoms with van der Waals surface area (Å²) in [6.45, 7) is 10.6. The summed E-state index contributed by atoms with van der Waals surface area (Å²) < 4.78 is 0. The van der Waals surface area contributed by atoms with Crippen molar-refractivity contribution in [1.82, 2.24) is 5.32 Å². The lowest BCUT2D eigenvalue weighted by atomic mass is 9.97. The first-order valence-electron chi connectivity index (χ1n) is 6.11. The van der Waals surface area contributed by atoms with Gasteiger partial charge < -0.3 is 10.4 Å². The number of nitrogens with zero attached hydrogens (tertiary/aromatic N) is 1. The quantitative estimate of drug-likeness (QED) is 0.737. The highest BCUT2D eigenvalue weighted by molar-refractivity contribution is 5.45. The van der Waals surface area contributed by atoms with Gasteiger partial charge in [0.05, 0.1) is 11.8 Å². The van der Waals surface area contributed by atoms with Gasteiger partial charge in [-0.1, -0.05) is 33.4 Å². The molecule has 0 spiro atoms. The molecule has 0 bridgehead atoms. The third-order valence-corrected chi connectivity index (χ3v) is 2.45. The SMILES string of the molecule is C=C(C#N)C1=CC=C(O)CCC1NCC.CC. The molecule has 0 heterocycles. The van der Waals surface area contributed by atoms with Crippen molar-refractivity contribution in [2.75, 3.05) is 6.54 Å². The van der Waals surface area contributed by atoms with Crippen LogP contribution in [0.5, 0.6) is 0 Å². The van der Waals surface area contributed by atoms with Crippen molar-refractivity contribution in [3.05, 3.63) is 35.6 Å². The van der Waals surface area contributed by atoms with E-state index in [0.717, 1.165) is 18.5 Å². The Morgan fingerprint density at radius 3 is 2.76 bits per heavy atom. The lowest BCUT2D eigenvalue weighted by Gasteiger charge is -2.18. The van der Waals surface area contributed by atoms with Gasteiger partial charge in [0.2, 0.25) is 0 Å². The number of allylic oxidation sites excluding steroid dienone is 3. The second kappa shape index (κ2) is 8.60. The van der Waals surface area contributed by atoms with Crippen LogP contribution in [0, 0.1) is 11.3 Å². The number of rotatable bonds is 3. The molecule has 1 aliphatic carbocycles. The van der Waals surface area contributed by atoms with E-state index in [0.29, 0.717) is 17.8 Å². The zero-order valence-corrected chi connectivity index (χ0v) is 11.0. The second-order valence-corrected chi connectivity index (χ2v) is 3.52. The monoisotopic (exact) mass is 234 g/mol. The molecule has 0 aliphatic heterocycles. The first-order chi connectivity index (χ1) is 8.19. The van der Waals surface area contributed by atoms with Crippen LogP contribution >= 0.6 is 0 Å². The van der Waals surface area contributed by atoms with Crippen LogP contribution in [0.3, 0.4) is 0 Å². The topological polar surface area (TPSA) is 56.0 Å². The summed E-state index contributed by atoms with van der Waals surface area (Å²) in [6, 6.07) is 2.17. The van der Waals surface area contributed by atoms with Crippen molar-refractivity contribution >= 4 is 0 Å². The van der Waals surface area contributed by atoms with Gasteiger partial charge in [-0.25, -0.2) is 0 Å². The third kappa shape index (κ3) is 4.88. The van der Waals surface area contributed by atoms with Gasteiger partial charge in [-0.05, 0) is 24.6 Å². The molecule has 0 radical (unpaired) electrons. The van der Waals surface area contributed by atoms with Crippen LogP contribution in [-0.4, -0.2) is 17.7 Å². The lowest BCUT2D eigenvalue weighted by Crippen LogP contribution is -2.31. The number of aliphatic hydroxyl groups excluding tert-OH is 1. The van der Waals surface area contributed by atoms with Crippen molar-refractivity contribution in [3.63, 3.8) is 0 Å². The molecule has 1 rings (SSSR count). The summed E-state index contributed by atoms with van der Waals surface area (Å²) in [5.41, 5.74) is 1.34. The fraction of sp³-hybridized carbons (Fsp3) is 0.500. The highest BCUT2D eigenvalue weighted by Gasteiger charge is 2.18. The average Bonchev–Trinajstić information content (AvgIpc) is 2.54. The van der Waals surface area contributed by atoms with E-state index in [1.54, 1.807) is 12.2 Å². The van der Waals surface area contributed by atoms with Crippen molar-refractivity contribution in [1.29, 1.82) is 5.26 Å². The zero-order valence-electron chi connectivity index (χ0n) is 11.0. The summed E-state index contributed by atoms with van der Waals surface area (Å²) in [7, 11) is 0. The van der Waals surface area contributed by atoms with Crippen molar-refractivity contribution in [3.8, 4) is 6.07 Å². The fourth-order valence-electron chi connectivity index (χ4n) is 1.67.